The van der Waals surface area contributed by atoms with Crippen molar-refractivity contribution < 1.29 is 9.90 Å². The zero-order valence-electron chi connectivity index (χ0n) is 13.0. The standard InChI is InChI=1S/C18H25NO2/c1-3-4-15-9-11-19(12-10-15)17-7-5-16(13-14(17)2)6-8-18(20)21/h5-8,13,15H,3-4,9-12H2,1-2H3,(H,20,21). The zero-order valence-corrected chi connectivity index (χ0v) is 13.0. The van der Waals surface area contributed by atoms with E-state index in [1.807, 2.05) is 6.07 Å². The zero-order chi connectivity index (χ0) is 15.2. The van der Waals surface area contributed by atoms with E-state index in [0.717, 1.165) is 24.6 Å². The van der Waals surface area contributed by atoms with Crippen molar-refractivity contribution in [3.05, 3.63) is 35.4 Å². The second-order valence-electron chi connectivity index (χ2n) is 5.94. The van der Waals surface area contributed by atoms with Gasteiger partial charge in [-0.3, -0.25) is 0 Å². The molecular weight excluding hydrogens is 262 g/mol. The molecule has 2 rings (SSSR count). The molecule has 1 heterocycles. The van der Waals surface area contributed by atoms with E-state index in [-0.39, 0.29) is 0 Å². The number of rotatable bonds is 5. The SMILES string of the molecule is CCCC1CCN(c2ccc(C=CC(=O)O)cc2C)CC1. The van der Waals surface area contributed by atoms with Crippen LogP contribution in [-0.2, 0) is 4.79 Å². The Labute approximate surface area is 127 Å². The predicted molar refractivity (Wildman–Crippen MR) is 87.7 cm³/mol. The van der Waals surface area contributed by atoms with Crippen LogP contribution in [0.5, 0.6) is 0 Å². The van der Waals surface area contributed by atoms with Gasteiger partial charge in [0.05, 0.1) is 0 Å². The molecule has 0 unspecified atom stereocenters. The van der Waals surface area contributed by atoms with Gasteiger partial charge in [-0.25, -0.2) is 4.79 Å². The van der Waals surface area contributed by atoms with E-state index < -0.39 is 5.97 Å². The summed E-state index contributed by atoms with van der Waals surface area (Å²) in [4.78, 5) is 13.0. The van der Waals surface area contributed by atoms with Crippen LogP contribution < -0.4 is 4.90 Å². The minimum absolute atomic E-state index is 0.893. The lowest BCUT2D eigenvalue weighted by molar-refractivity contribution is -0.131. The van der Waals surface area contributed by atoms with E-state index in [0.29, 0.717) is 0 Å². The molecule has 0 radical (unpaired) electrons. The largest absolute Gasteiger partial charge is 0.478 e. The molecule has 0 bridgehead atoms. The Hall–Kier alpha value is -1.77. The Kier molecular flexibility index (Phi) is 5.43. The highest BCUT2D eigenvalue weighted by Gasteiger charge is 2.19. The van der Waals surface area contributed by atoms with E-state index in [1.165, 1.54) is 43.0 Å². The minimum Gasteiger partial charge on any atom is -0.478 e. The molecule has 3 nitrogen and oxygen atoms in total. The first-order chi connectivity index (χ1) is 10.1. The van der Waals surface area contributed by atoms with Gasteiger partial charge in [-0.05, 0) is 55.0 Å². The molecule has 0 spiro atoms. The average molecular weight is 287 g/mol. The van der Waals surface area contributed by atoms with E-state index in [1.54, 1.807) is 6.08 Å². The Bertz CT molecular complexity index is 514. The number of nitrogens with zero attached hydrogens (tertiary/aromatic N) is 1. The predicted octanol–water partition coefficient (Wildman–Crippen LogP) is 4.11. The first-order valence-corrected chi connectivity index (χ1v) is 7.86. The molecule has 1 aromatic rings. The molecular formula is C18H25NO2. The number of piperidine rings is 1. The molecule has 3 heteroatoms. The third-order valence-electron chi connectivity index (χ3n) is 4.29. The topological polar surface area (TPSA) is 40.5 Å². The normalized spacial score (nSPS) is 16.6. The number of carboxylic acids is 1. The highest BCUT2D eigenvalue weighted by atomic mass is 16.4. The van der Waals surface area contributed by atoms with Gasteiger partial charge in [0.15, 0.2) is 0 Å². The Morgan fingerprint density at radius 2 is 2.10 bits per heavy atom. The van der Waals surface area contributed by atoms with Gasteiger partial charge in [-0.1, -0.05) is 25.8 Å². The summed E-state index contributed by atoms with van der Waals surface area (Å²) in [5.74, 6) is -0.0148. The lowest BCUT2D eigenvalue weighted by Gasteiger charge is -2.34. The molecule has 114 valence electrons. The van der Waals surface area contributed by atoms with Gasteiger partial charge in [0.2, 0.25) is 0 Å². The summed E-state index contributed by atoms with van der Waals surface area (Å²) in [6, 6.07) is 6.18. The number of carbonyl (C=O) groups is 1. The maximum absolute atomic E-state index is 10.6. The number of hydrogen-bond donors (Lipinski definition) is 1. The molecule has 0 aliphatic carbocycles. The van der Waals surface area contributed by atoms with Gasteiger partial charge in [-0.2, -0.15) is 0 Å². The summed E-state index contributed by atoms with van der Waals surface area (Å²) in [5, 5.41) is 8.68. The van der Waals surface area contributed by atoms with Gasteiger partial charge in [0, 0.05) is 24.9 Å². The second kappa shape index (κ2) is 7.30. The van der Waals surface area contributed by atoms with E-state index >= 15 is 0 Å². The van der Waals surface area contributed by atoms with Crippen LogP contribution in [-0.4, -0.2) is 24.2 Å². The van der Waals surface area contributed by atoms with E-state index in [4.69, 9.17) is 5.11 Å². The molecule has 1 aliphatic heterocycles. The van der Waals surface area contributed by atoms with Gasteiger partial charge in [0.25, 0.3) is 0 Å². The molecule has 1 aromatic carbocycles. The first-order valence-electron chi connectivity index (χ1n) is 7.86. The fraction of sp³-hybridized carbons (Fsp3) is 0.500. The summed E-state index contributed by atoms with van der Waals surface area (Å²) in [6.07, 6.45) is 8.04. The quantitative estimate of drug-likeness (QED) is 0.829. The fourth-order valence-electron chi connectivity index (χ4n) is 3.18. The fourth-order valence-corrected chi connectivity index (χ4v) is 3.18. The summed E-state index contributed by atoms with van der Waals surface area (Å²) in [7, 11) is 0. The molecule has 0 saturated carbocycles. The van der Waals surface area contributed by atoms with Gasteiger partial charge >= 0.3 is 5.97 Å². The summed E-state index contributed by atoms with van der Waals surface area (Å²) < 4.78 is 0. The third-order valence-corrected chi connectivity index (χ3v) is 4.29. The number of anilines is 1. The molecule has 1 saturated heterocycles. The first kappa shape index (κ1) is 15.6. The van der Waals surface area contributed by atoms with Crippen LogP contribution in [0.4, 0.5) is 5.69 Å². The van der Waals surface area contributed by atoms with Crippen molar-refractivity contribution in [2.75, 3.05) is 18.0 Å². The molecule has 1 N–H and O–H groups in total. The van der Waals surface area contributed by atoms with Crippen molar-refractivity contribution in [2.24, 2.45) is 5.92 Å². The minimum atomic E-state index is -0.908. The Balaban J connectivity index is 2.03. The van der Waals surface area contributed by atoms with E-state index in [9.17, 15) is 4.79 Å². The van der Waals surface area contributed by atoms with Crippen LogP contribution in [0, 0.1) is 12.8 Å². The molecule has 0 amide bonds. The second-order valence-corrected chi connectivity index (χ2v) is 5.94. The highest BCUT2D eigenvalue weighted by molar-refractivity contribution is 5.85. The third kappa shape index (κ3) is 4.35. The number of aliphatic carboxylic acids is 1. The van der Waals surface area contributed by atoms with Gasteiger partial charge < -0.3 is 10.0 Å². The summed E-state index contributed by atoms with van der Waals surface area (Å²) >= 11 is 0. The molecule has 1 aliphatic rings. The average Bonchev–Trinajstić information content (AvgIpc) is 2.47. The molecule has 0 aromatic heterocycles. The van der Waals surface area contributed by atoms with Crippen molar-refractivity contribution in [3.63, 3.8) is 0 Å². The summed E-state index contributed by atoms with van der Waals surface area (Å²) in [5.41, 5.74) is 3.45. The number of aryl methyl sites for hydroxylation is 1. The van der Waals surface area contributed by atoms with Crippen LogP contribution in [0.2, 0.25) is 0 Å². The summed E-state index contributed by atoms with van der Waals surface area (Å²) in [6.45, 7) is 6.64. The lowest BCUT2D eigenvalue weighted by Crippen LogP contribution is -2.34. The molecule has 1 fully saturated rings. The molecule has 21 heavy (non-hydrogen) atoms. The van der Waals surface area contributed by atoms with Crippen LogP contribution in [0.3, 0.4) is 0 Å². The van der Waals surface area contributed by atoms with Crippen molar-refractivity contribution >= 4 is 17.7 Å². The molecule has 0 atom stereocenters. The highest BCUT2D eigenvalue weighted by Crippen LogP contribution is 2.28. The number of carboxylic acid groups (broad SMARTS) is 1. The number of benzene rings is 1. The Morgan fingerprint density at radius 1 is 1.38 bits per heavy atom. The Morgan fingerprint density at radius 3 is 2.67 bits per heavy atom. The maximum atomic E-state index is 10.6. The number of hydrogen-bond acceptors (Lipinski definition) is 2. The van der Waals surface area contributed by atoms with Crippen molar-refractivity contribution in [1.29, 1.82) is 0 Å². The maximum Gasteiger partial charge on any atom is 0.328 e. The van der Waals surface area contributed by atoms with Gasteiger partial charge in [-0.15, -0.1) is 0 Å². The van der Waals surface area contributed by atoms with E-state index in [2.05, 4.69) is 30.9 Å². The van der Waals surface area contributed by atoms with Crippen LogP contribution in [0.15, 0.2) is 24.3 Å². The van der Waals surface area contributed by atoms with Crippen molar-refractivity contribution in [1.82, 2.24) is 0 Å². The van der Waals surface area contributed by atoms with Crippen LogP contribution in [0.1, 0.15) is 43.7 Å². The van der Waals surface area contributed by atoms with Gasteiger partial charge in [0.1, 0.15) is 0 Å². The smallest absolute Gasteiger partial charge is 0.328 e. The van der Waals surface area contributed by atoms with Crippen LogP contribution >= 0.6 is 0 Å². The van der Waals surface area contributed by atoms with Crippen molar-refractivity contribution in [3.8, 4) is 0 Å². The van der Waals surface area contributed by atoms with Crippen molar-refractivity contribution in [2.45, 2.75) is 39.5 Å². The van der Waals surface area contributed by atoms with Crippen LogP contribution in [0.25, 0.3) is 6.08 Å². The lowest BCUT2D eigenvalue weighted by atomic mass is 9.92. The monoisotopic (exact) mass is 287 g/mol.